The van der Waals surface area contributed by atoms with Gasteiger partial charge in [0.1, 0.15) is 24.4 Å². The molecule has 0 aromatic carbocycles. The van der Waals surface area contributed by atoms with Crippen LogP contribution in [0.15, 0.2) is 72.9 Å². The van der Waals surface area contributed by atoms with E-state index >= 15 is 0 Å². The fraction of sp³-hybridized carbons (Fsp3) is 0.774. The number of hydrogen-bond acceptors (Lipinski definition) is 10. The first kappa shape index (κ1) is 68.1. The fourth-order valence-corrected chi connectivity index (χ4v) is 8.82. The lowest BCUT2D eigenvalue weighted by Crippen LogP contribution is -2.61. The monoisotopic (exact) mass is 1030 g/mol. The third kappa shape index (κ3) is 38.3. The van der Waals surface area contributed by atoms with Crippen LogP contribution in [0.5, 0.6) is 0 Å². The quantitative estimate of drug-likeness (QED) is 0.0195. The minimum absolute atomic E-state index is 0.0794. The molecule has 8 unspecified atom stereocenters. The molecule has 1 heterocycles. The highest BCUT2D eigenvalue weighted by molar-refractivity contribution is 5.81. The van der Waals surface area contributed by atoms with Crippen molar-refractivity contribution in [3.63, 3.8) is 0 Å². The van der Waals surface area contributed by atoms with E-state index < -0.39 is 67.4 Å². The number of carbonyl (C=O) groups is 2. The number of aliphatic hydroxyl groups excluding tert-OH is 5. The molecule has 0 aromatic rings. The summed E-state index contributed by atoms with van der Waals surface area (Å²) in [5.41, 5.74) is 0. The lowest BCUT2D eigenvalue weighted by atomic mass is 9.99. The van der Waals surface area contributed by atoms with E-state index in [2.05, 4.69) is 74.7 Å². The zero-order valence-corrected chi connectivity index (χ0v) is 46.5. The second kappa shape index (κ2) is 49.9. The standard InChI is InChI=1S/C62H109NO10/c1-4-7-10-13-16-19-22-24-25-26-27-28-29-30-31-32-35-38-41-44-47-50-57(67)73-60-59(69)58(68)56(51-64)72-62(60)71-52-53(54(65)48-45-42-39-36-33-21-18-15-12-9-6-3)63-61(70)55(66)49-46-43-40-37-34-23-20-17-14-11-8-5-2/h16,19,24-25,27-28,34,37,43,45-46,48,53-56,58-60,62,64-66,68-69H,4-15,17-18,20-23,26,29-33,35-36,38-42,44,47,49-52H2,1-3H3,(H,63,70)/b19-16-,25-24-,28-27-,37-34-,46-43+,48-45+. The van der Waals surface area contributed by atoms with Gasteiger partial charge >= 0.3 is 5.97 Å². The van der Waals surface area contributed by atoms with Crippen LogP contribution in [0.25, 0.3) is 0 Å². The maximum atomic E-state index is 13.3. The Labute approximate surface area is 445 Å². The highest BCUT2D eigenvalue weighted by Crippen LogP contribution is 2.26. The summed E-state index contributed by atoms with van der Waals surface area (Å²) in [6, 6.07) is -1.06. The number of allylic oxidation sites excluding steroid dienone is 10. The molecule has 0 saturated carbocycles. The number of rotatable bonds is 49. The Kier molecular flexibility index (Phi) is 46.6. The molecule has 0 bridgehead atoms. The maximum Gasteiger partial charge on any atom is 0.306 e. The summed E-state index contributed by atoms with van der Waals surface area (Å²) < 4.78 is 17.5. The van der Waals surface area contributed by atoms with Gasteiger partial charge in [-0.25, -0.2) is 0 Å². The molecule has 73 heavy (non-hydrogen) atoms. The van der Waals surface area contributed by atoms with Gasteiger partial charge in [0.2, 0.25) is 5.91 Å². The Bertz CT molecular complexity index is 1460. The summed E-state index contributed by atoms with van der Waals surface area (Å²) in [7, 11) is 0. The molecular formula is C62H109NO10. The summed E-state index contributed by atoms with van der Waals surface area (Å²) in [6.45, 7) is 5.69. The van der Waals surface area contributed by atoms with Gasteiger partial charge in [0.25, 0.3) is 0 Å². The predicted molar refractivity (Wildman–Crippen MR) is 301 cm³/mol. The third-order valence-electron chi connectivity index (χ3n) is 13.6. The van der Waals surface area contributed by atoms with Crippen LogP contribution < -0.4 is 5.32 Å². The average molecular weight is 1030 g/mol. The average Bonchev–Trinajstić information content (AvgIpc) is 3.39. The zero-order valence-electron chi connectivity index (χ0n) is 46.5. The molecule has 0 aliphatic carbocycles. The van der Waals surface area contributed by atoms with E-state index in [4.69, 9.17) is 14.2 Å². The minimum Gasteiger partial charge on any atom is -0.454 e. The van der Waals surface area contributed by atoms with Gasteiger partial charge < -0.3 is 45.1 Å². The maximum absolute atomic E-state index is 13.3. The van der Waals surface area contributed by atoms with Crippen molar-refractivity contribution in [3.05, 3.63) is 72.9 Å². The summed E-state index contributed by atoms with van der Waals surface area (Å²) >= 11 is 0. The van der Waals surface area contributed by atoms with Crippen molar-refractivity contribution in [1.29, 1.82) is 0 Å². The molecule has 6 N–H and O–H groups in total. The number of unbranched alkanes of at least 4 members (excludes halogenated alkanes) is 26. The van der Waals surface area contributed by atoms with Crippen molar-refractivity contribution >= 4 is 11.9 Å². The van der Waals surface area contributed by atoms with E-state index in [1.165, 1.54) is 122 Å². The van der Waals surface area contributed by atoms with Crippen molar-refractivity contribution in [2.24, 2.45) is 0 Å². The van der Waals surface area contributed by atoms with Gasteiger partial charge in [0, 0.05) is 12.8 Å². The van der Waals surface area contributed by atoms with Gasteiger partial charge in [-0.3, -0.25) is 9.59 Å². The van der Waals surface area contributed by atoms with Crippen molar-refractivity contribution in [1.82, 2.24) is 5.32 Å². The van der Waals surface area contributed by atoms with Crippen molar-refractivity contribution in [2.45, 2.75) is 294 Å². The van der Waals surface area contributed by atoms with E-state index in [0.717, 1.165) is 77.0 Å². The van der Waals surface area contributed by atoms with Crippen molar-refractivity contribution in [3.8, 4) is 0 Å². The van der Waals surface area contributed by atoms with Crippen molar-refractivity contribution in [2.75, 3.05) is 13.2 Å². The molecule has 422 valence electrons. The molecule has 0 aromatic heterocycles. The van der Waals surface area contributed by atoms with E-state index in [0.29, 0.717) is 12.8 Å². The van der Waals surface area contributed by atoms with Crippen LogP contribution in [0, 0.1) is 0 Å². The number of nitrogens with one attached hydrogen (secondary N) is 1. The van der Waals surface area contributed by atoms with Crippen LogP contribution in [0.1, 0.15) is 245 Å². The number of esters is 1. The largest absolute Gasteiger partial charge is 0.454 e. The van der Waals surface area contributed by atoms with Crippen LogP contribution in [-0.2, 0) is 23.8 Å². The van der Waals surface area contributed by atoms with Crippen LogP contribution in [0.4, 0.5) is 0 Å². The number of ether oxygens (including phenoxy) is 3. The number of carbonyl (C=O) groups excluding carboxylic acids is 2. The first-order chi connectivity index (χ1) is 35.7. The molecule has 11 nitrogen and oxygen atoms in total. The lowest BCUT2D eigenvalue weighted by Gasteiger charge is -2.41. The normalized spacial score (nSPS) is 19.9. The minimum atomic E-state index is -1.63. The van der Waals surface area contributed by atoms with E-state index in [-0.39, 0.29) is 19.4 Å². The molecular weight excluding hydrogens is 919 g/mol. The van der Waals surface area contributed by atoms with Crippen LogP contribution in [-0.4, -0.2) is 99.6 Å². The summed E-state index contributed by atoms with van der Waals surface area (Å²) in [5.74, 6) is -1.28. The van der Waals surface area contributed by atoms with Gasteiger partial charge in [-0.15, -0.1) is 0 Å². The molecule has 0 spiro atoms. The second-order valence-electron chi connectivity index (χ2n) is 20.4. The molecule has 1 aliphatic rings. The summed E-state index contributed by atoms with van der Waals surface area (Å²) in [5, 5.41) is 56.7. The number of amides is 1. The number of hydrogen-bond donors (Lipinski definition) is 6. The molecule has 1 saturated heterocycles. The lowest BCUT2D eigenvalue weighted by molar-refractivity contribution is -0.305. The predicted octanol–water partition coefficient (Wildman–Crippen LogP) is 13.6. The second-order valence-corrected chi connectivity index (χ2v) is 20.4. The third-order valence-corrected chi connectivity index (χ3v) is 13.6. The highest BCUT2D eigenvalue weighted by atomic mass is 16.7. The molecule has 0 radical (unpaired) electrons. The Morgan fingerprint density at radius 3 is 1.44 bits per heavy atom. The molecule has 8 atom stereocenters. The fourth-order valence-electron chi connectivity index (χ4n) is 8.82. The smallest absolute Gasteiger partial charge is 0.306 e. The van der Waals surface area contributed by atoms with Gasteiger partial charge in [-0.2, -0.15) is 0 Å². The first-order valence-electron chi connectivity index (χ1n) is 29.7. The van der Waals surface area contributed by atoms with Gasteiger partial charge in [0.15, 0.2) is 12.4 Å². The Morgan fingerprint density at radius 2 is 0.945 bits per heavy atom. The van der Waals surface area contributed by atoms with E-state index in [9.17, 15) is 35.1 Å². The zero-order chi connectivity index (χ0) is 53.3. The molecule has 1 fully saturated rings. The Hall–Kier alpha value is -2.90. The van der Waals surface area contributed by atoms with E-state index in [1.54, 1.807) is 12.2 Å². The number of aliphatic hydroxyl groups is 5. The molecule has 11 heteroatoms. The summed E-state index contributed by atoms with van der Waals surface area (Å²) in [6.07, 6.45) is 52.5. The molecule has 1 aliphatic heterocycles. The van der Waals surface area contributed by atoms with Crippen LogP contribution in [0.2, 0.25) is 0 Å². The summed E-state index contributed by atoms with van der Waals surface area (Å²) in [4.78, 5) is 26.4. The van der Waals surface area contributed by atoms with Crippen molar-refractivity contribution < 1.29 is 49.3 Å². The Balaban J connectivity index is 2.69. The topological polar surface area (TPSA) is 175 Å². The van der Waals surface area contributed by atoms with Crippen LogP contribution >= 0.6 is 0 Å². The van der Waals surface area contributed by atoms with Gasteiger partial charge in [-0.05, 0) is 77.0 Å². The first-order valence-corrected chi connectivity index (χ1v) is 29.7. The Morgan fingerprint density at radius 1 is 0.534 bits per heavy atom. The van der Waals surface area contributed by atoms with Gasteiger partial charge in [0.05, 0.1) is 25.4 Å². The van der Waals surface area contributed by atoms with Crippen LogP contribution in [0.3, 0.4) is 0 Å². The highest BCUT2D eigenvalue weighted by Gasteiger charge is 2.47. The molecule has 1 rings (SSSR count). The molecule has 1 amide bonds. The SMILES string of the molecule is CCCCC/C=C\C/C=C\C/C=C\CCCCCCCCCCC(=O)OC1C(OCC(NC(=O)C(O)C/C=C/C/C=C\CCCCCCCC)C(O)/C=C/CCCCCCCCCCC)OC(CO)C(O)C1O. The van der Waals surface area contributed by atoms with E-state index in [1.807, 2.05) is 12.2 Å². The van der Waals surface area contributed by atoms with Gasteiger partial charge in [-0.1, -0.05) is 229 Å².